The summed E-state index contributed by atoms with van der Waals surface area (Å²) in [4.78, 5) is 14.7. The Kier molecular flexibility index (Phi) is 3.86. The lowest BCUT2D eigenvalue weighted by Gasteiger charge is -2.19. The van der Waals surface area contributed by atoms with Gasteiger partial charge in [-0.15, -0.1) is 0 Å². The highest BCUT2D eigenvalue weighted by atomic mass is 16.6. The van der Waals surface area contributed by atoms with Gasteiger partial charge in [0.15, 0.2) is 0 Å². The zero-order valence-electron chi connectivity index (χ0n) is 13.2. The molecule has 0 aliphatic carbocycles. The molecule has 24 heavy (non-hydrogen) atoms. The second-order valence-electron chi connectivity index (χ2n) is 5.78. The monoisotopic (exact) mass is 328 g/mol. The lowest BCUT2D eigenvalue weighted by molar-refractivity contribution is -0.385. The van der Waals surface area contributed by atoms with E-state index in [-0.39, 0.29) is 5.69 Å². The predicted molar refractivity (Wildman–Crippen MR) is 84.9 cm³/mol. The van der Waals surface area contributed by atoms with Crippen molar-refractivity contribution < 1.29 is 9.45 Å². The molecule has 9 nitrogen and oxygen atoms in total. The molecule has 1 aromatic carbocycles. The first kappa shape index (κ1) is 15.8. The first-order chi connectivity index (χ1) is 11.4. The molecule has 0 atom stereocenters. The van der Waals surface area contributed by atoms with Crippen LogP contribution in [-0.2, 0) is 12.1 Å². The van der Waals surface area contributed by atoms with Crippen LogP contribution in [0.2, 0.25) is 0 Å². The fourth-order valence-corrected chi connectivity index (χ4v) is 2.19. The normalized spacial score (nSPS) is 11.6. The quantitative estimate of drug-likeness (QED) is 0.561. The third kappa shape index (κ3) is 2.76. The van der Waals surface area contributed by atoms with Gasteiger partial charge in [-0.25, -0.2) is 0 Å². The summed E-state index contributed by atoms with van der Waals surface area (Å²) in [5, 5.41) is 18.8. The van der Waals surface area contributed by atoms with Gasteiger partial charge in [-0.2, -0.15) is 10.1 Å². The summed E-state index contributed by atoms with van der Waals surface area (Å²) in [6, 6.07) is 7.52. The lowest BCUT2D eigenvalue weighted by atomic mass is 10.1. The molecule has 124 valence electrons. The highest BCUT2D eigenvalue weighted by Crippen LogP contribution is 2.27. The maximum absolute atomic E-state index is 10.8. The fourth-order valence-electron chi connectivity index (χ4n) is 2.19. The Labute approximate surface area is 137 Å². The Bertz CT molecular complexity index is 865. The van der Waals surface area contributed by atoms with Crippen molar-refractivity contribution in [1.82, 2.24) is 19.9 Å². The summed E-state index contributed by atoms with van der Waals surface area (Å²) in [7, 11) is 0. The van der Waals surface area contributed by atoms with Gasteiger partial charge in [0.1, 0.15) is 17.9 Å². The first-order valence-electron chi connectivity index (χ1n) is 7.25. The van der Waals surface area contributed by atoms with Crippen molar-refractivity contribution in [2.24, 2.45) is 5.73 Å². The third-order valence-electron chi connectivity index (χ3n) is 3.75. The van der Waals surface area contributed by atoms with E-state index in [9.17, 15) is 10.1 Å². The summed E-state index contributed by atoms with van der Waals surface area (Å²) < 4.78 is 6.78. The second-order valence-corrected chi connectivity index (χ2v) is 5.78. The van der Waals surface area contributed by atoms with Gasteiger partial charge < -0.3 is 10.3 Å². The van der Waals surface area contributed by atoms with Crippen molar-refractivity contribution in [1.29, 1.82) is 0 Å². The summed E-state index contributed by atoms with van der Waals surface area (Å²) in [5.74, 6) is 0.738. The van der Waals surface area contributed by atoms with Crippen LogP contribution in [0.15, 0.2) is 41.2 Å². The number of benzene rings is 1. The number of hydrogen-bond acceptors (Lipinski definition) is 7. The van der Waals surface area contributed by atoms with E-state index < -0.39 is 10.5 Å². The van der Waals surface area contributed by atoms with E-state index in [0.29, 0.717) is 18.3 Å². The fraction of sp³-hybridized carbons (Fsp3) is 0.267. The molecule has 0 radical (unpaired) electrons. The van der Waals surface area contributed by atoms with Crippen LogP contribution >= 0.6 is 0 Å². The molecule has 0 unspecified atom stereocenters. The Morgan fingerprint density at radius 1 is 1.33 bits per heavy atom. The summed E-state index contributed by atoms with van der Waals surface area (Å²) >= 11 is 0. The van der Waals surface area contributed by atoms with Crippen LogP contribution in [0.5, 0.6) is 0 Å². The molecule has 0 saturated heterocycles. The van der Waals surface area contributed by atoms with Gasteiger partial charge in [0.05, 0.1) is 4.92 Å². The molecule has 0 aliphatic heterocycles. The Balaban J connectivity index is 1.91. The summed E-state index contributed by atoms with van der Waals surface area (Å²) in [6.45, 7) is 4.04. The van der Waals surface area contributed by atoms with E-state index in [4.69, 9.17) is 10.3 Å². The molecule has 2 heterocycles. The minimum absolute atomic E-state index is 0.0970. The SMILES string of the molecule is CC(C)(c1nc(-c2ccc(CN)cc2)no1)n1cc([N+](=O)[O-])cn1. The first-order valence-corrected chi connectivity index (χ1v) is 7.25. The van der Waals surface area contributed by atoms with Crippen molar-refractivity contribution in [3.8, 4) is 11.4 Å². The van der Waals surface area contributed by atoms with Gasteiger partial charge in [-0.05, 0) is 19.4 Å². The van der Waals surface area contributed by atoms with E-state index in [0.717, 1.165) is 11.1 Å². The van der Waals surface area contributed by atoms with Gasteiger partial charge in [0, 0.05) is 12.1 Å². The van der Waals surface area contributed by atoms with Gasteiger partial charge in [-0.3, -0.25) is 14.8 Å². The van der Waals surface area contributed by atoms with Gasteiger partial charge in [0.2, 0.25) is 5.82 Å². The van der Waals surface area contributed by atoms with E-state index in [2.05, 4.69) is 15.2 Å². The van der Waals surface area contributed by atoms with Crippen molar-refractivity contribution in [2.75, 3.05) is 0 Å². The highest BCUT2D eigenvalue weighted by molar-refractivity contribution is 5.54. The molecule has 2 N–H and O–H groups in total. The summed E-state index contributed by atoms with van der Waals surface area (Å²) in [6.07, 6.45) is 2.52. The number of nitrogens with two attached hydrogens (primary N) is 1. The molecule has 9 heteroatoms. The molecule has 0 bridgehead atoms. The minimum Gasteiger partial charge on any atom is -0.336 e. The van der Waals surface area contributed by atoms with Crippen molar-refractivity contribution in [3.05, 3.63) is 58.2 Å². The van der Waals surface area contributed by atoms with Crippen molar-refractivity contribution in [2.45, 2.75) is 25.9 Å². The van der Waals surface area contributed by atoms with Gasteiger partial charge in [0.25, 0.3) is 5.89 Å². The Hall–Kier alpha value is -3.07. The van der Waals surface area contributed by atoms with Gasteiger partial charge in [-0.1, -0.05) is 29.4 Å². The lowest BCUT2D eigenvalue weighted by Crippen LogP contribution is -2.28. The average Bonchev–Trinajstić information content (AvgIpc) is 3.25. The molecule has 0 amide bonds. The minimum atomic E-state index is -0.823. The van der Waals surface area contributed by atoms with E-state index in [1.807, 2.05) is 24.3 Å². The van der Waals surface area contributed by atoms with Crippen LogP contribution in [0.3, 0.4) is 0 Å². The molecule has 0 spiro atoms. The molecule has 0 saturated carbocycles. The van der Waals surface area contributed by atoms with Crippen LogP contribution < -0.4 is 5.73 Å². The van der Waals surface area contributed by atoms with E-state index >= 15 is 0 Å². The molecule has 3 aromatic rings. The number of aromatic nitrogens is 4. The second kappa shape index (κ2) is 5.85. The largest absolute Gasteiger partial charge is 0.336 e. The zero-order chi connectivity index (χ0) is 17.3. The molecule has 0 fully saturated rings. The summed E-state index contributed by atoms with van der Waals surface area (Å²) in [5.41, 5.74) is 6.46. The van der Waals surface area contributed by atoms with Crippen LogP contribution in [0.1, 0.15) is 25.3 Å². The van der Waals surface area contributed by atoms with Crippen LogP contribution in [0, 0.1) is 10.1 Å². The standard InChI is InChI=1S/C15H16N6O3/c1-15(2,20-9-12(8-17-20)21(22)23)14-18-13(19-24-14)11-5-3-10(7-16)4-6-11/h3-6,8-9H,7,16H2,1-2H3. The van der Waals surface area contributed by atoms with E-state index in [1.54, 1.807) is 13.8 Å². The smallest absolute Gasteiger partial charge is 0.307 e. The van der Waals surface area contributed by atoms with Crippen molar-refractivity contribution in [3.63, 3.8) is 0 Å². The Morgan fingerprint density at radius 3 is 2.62 bits per heavy atom. The molecule has 0 aliphatic rings. The number of nitrogens with zero attached hydrogens (tertiary/aromatic N) is 5. The Morgan fingerprint density at radius 2 is 2.04 bits per heavy atom. The topological polar surface area (TPSA) is 126 Å². The highest BCUT2D eigenvalue weighted by Gasteiger charge is 2.32. The number of rotatable bonds is 5. The average molecular weight is 328 g/mol. The molecule has 3 rings (SSSR count). The molecule has 2 aromatic heterocycles. The zero-order valence-corrected chi connectivity index (χ0v) is 13.2. The molecular formula is C15H16N6O3. The maximum Gasteiger partial charge on any atom is 0.307 e. The van der Waals surface area contributed by atoms with Gasteiger partial charge >= 0.3 is 5.69 Å². The van der Waals surface area contributed by atoms with Crippen LogP contribution in [0.25, 0.3) is 11.4 Å². The van der Waals surface area contributed by atoms with Crippen LogP contribution in [0.4, 0.5) is 5.69 Å². The molecular weight excluding hydrogens is 312 g/mol. The number of nitro groups is 1. The predicted octanol–water partition coefficient (Wildman–Crippen LogP) is 2.08. The third-order valence-corrected chi connectivity index (χ3v) is 3.75. The van der Waals surface area contributed by atoms with Crippen molar-refractivity contribution >= 4 is 5.69 Å². The van der Waals surface area contributed by atoms with E-state index in [1.165, 1.54) is 17.1 Å². The van der Waals surface area contributed by atoms with Crippen LogP contribution in [-0.4, -0.2) is 24.8 Å². The number of hydrogen-bond donors (Lipinski definition) is 1. The maximum atomic E-state index is 10.8.